The molecule has 2 aliphatic heterocycles. The second-order valence-corrected chi connectivity index (χ2v) is 6.84. The van der Waals surface area contributed by atoms with Crippen molar-refractivity contribution in [1.82, 2.24) is 15.5 Å². The first-order valence-electron chi connectivity index (χ1n) is 8.61. The van der Waals surface area contributed by atoms with Gasteiger partial charge in [0.15, 0.2) is 0 Å². The SMILES string of the molecule is CC(CC1CCCCN1)N1CCOCC1C(=O)NC1CC1. The van der Waals surface area contributed by atoms with Crippen LogP contribution < -0.4 is 10.6 Å². The standard InChI is InChI=1S/C16H29N3O2/c1-12(10-14-4-2-3-7-17-14)19-8-9-21-11-15(19)16(20)18-13-5-6-13/h12-15,17H,2-11H2,1H3,(H,18,20). The quantitative estimate of drug-likeness (QED) is 0.791. The molecule has 21 heavy (non-hydrogen) atoms. The van der Waals surface area contributed by atoms with Crippen molar-refractivity contribution in [2.45, 2.75) is 69.6 Å². The van der Waals surface area contributed by atoms with E-state index in [1.807, 2.05) is 0 Å². The van der Waals surface area contributed by atoms with Crippen molar-refractivity contribution >= 4 is 5.91 Å². The Morgan fingerprint density at radius 2 is 2.24 bits per heavy atom. The first kappa shape index (κ1) is 15.3. The van der Waals surface area contributed by atoms with Gasteiger partial charge in [-0.1, -0.05) is 6.42 Å². The lowest BCUT2D eigenvalue weighted by molar-refractivity contribution is -0.134. The highest BCUT2D eigenvalue weighted by Crippen LogP contribution is 2.22. The average Bonchev–Trinajstić information content (AvgIpc) is 3.32. The lowest BCUT2D eigenvalue weighted by atomic mass is 9.97. The van der Waals surface area contributed by atoms with E-state index in [4.69, 9.17) is 4.74 Å². The predicted octanol–water partition coefficient (Wildman–Crippen LogP) is 0.887. The van der Waals surface area contributed by atoms with E-state index in [0.717, 1.165) is 39.0 Å². The van der Waals surface area contributed by atoms with Gasteiger partial charge in [0.1, 0.15) is 6.04 Å². The molecule has 0 aromatic rings. The summed E-state index contributed by atoms with van der Waals surface area (Å²) in [4.78, 5) is 14.8. The summed E-state index contributed by atoms with van der Waals surface area (Å²) in [5, 5.41) is 6.75. The molecule has 2 saturated heterocycles. The van der Waals surface area contributed by atoms with Crippen molar-refractivity contribution in [2.75, 3.05) is 26.3 Å². The van der Waals surface area contributed by atoms with Gasteiger partial charge in [0.25, 0.3) is 0 Å². The Bertz CT molecular complexity index is 353. The van der Waals surface area contributed by atoms with Gasteiger partial charge in [0.05, 0.1) is 13.2 Å². The van der Waals surface area contributed by atoms with Crippen LogP contribution in [0.3, 0.4) is 0 Å². The topological polar surface area (TPSA) is 53.6 Å². The maximum atomic E-state index is 12.4. The summed E-state index contributed by atoms with van der Waals surface area (Å²) in [7, 11) is 0. The van der Waals surface area contributed by atoms with E-state index >= 15 is 0 Å². The van der Waals surface area contributed by atoms with Crippen molar-refractivity contribution in [3.05, 3.63) is 0 Å². The number of piperidine rings is 1. The fourth-order valence-electron chi connectivity index (χ4n) is 3.57. The lowest BCUT2D eigenvalue weighted by Gasteiger charge is -2.40. The first-order valence-corrected chi connectivity index (χ1v) is 8.61. The fraction of sp³-hybridized carbons (Fsp3) is 0.938. The third-order valence-electron chi connectivity index (χ3n) is 5.00. The van der Waals surface area contributed by atoms with E-state index in [-0.39, 0.29) is 11.9 Å². The molecule has 120 valence electrons. The summed E-state index contributed by atoms with van der Waals surface area (Å²) in [6, 6.07) is 1.37. The van der Waals surface area contributed by atoms with Gasteiger partial charge < -0.3 is 15.4 Å². The number of ether oxygens (including phenoxy) is 1. The number of hydrogen-bond acceptors (Lipinski definition) is 4. The van der Waals surface area contributed by atoms with Crippen molar-refractivity contribution in [1.29, 1.82) is 0 Å². The second-order valence-electron chi connectivity index (χ2n) is 6.84. The Morgan fingerprint density at radius 1 is 1.38 bits per heavy atom. The molecule has 0 bridgehead atoms. The highest BCUT2D eigenvalue weighted by Gasteiger charge is 2.35. The summed E-state index contributed by atoms with van der Waals surface area (Å²) in [5.41, 5.74) is 0. The van der Waals surface area contributed by atoms with E-state index in [9.17, 15) is 4.79 Å². The number of morpholine rings is 1. The smallest absolute Gasteiger partial charge is 0.239 e. The number of amides is 1. The molecule has 2 N–H and O–H groups in total. The molecule has 5 heteroatoms. The largest absolute Gasteiger partial charge is 0.378 e. The normalized spacial score (nSPS) is 32.6. The summed E-state index contributed by atoms with van der Waals surface area (Å²) >= 11 is 0. The maximum absolute atomic E-state index is 12.4. The van der Waals surface area contributed by atoms with Crippen molar-refractivity contribution in [2.24, 2.45) is 0 Å². The van der Waals surface area contributed by atoms with Crippen LogP contribution in [0.1, 0.15) is 45.4 Å². The van der Waals surface area contributed by atoms with Gasteiger partial charge in [-0.3, -0.25) is 9.69 Å². The first-order chi connectivity index (χ1) is 10.2. The zero-order chi connectivity index (χ0) is 14.7. The van der Waals surface area contributed by atoms with Gasteiger partial charge in [0, 0.05) is 24.7 Å². The summed E-state index contributed by atoms with van der Waals surface area (Å²) < 4.78 is 5.56. The Balaban J connectivity index is 1.55. The van der Waals surface area contributed by atoms with Gasteiger partial charge in [-0.05, 0) is 45.6 Å². The van der Waals surface area contributed by atoms with Gasteiger partial charge in [0.2, 0.25) is 5.91 Å². The highest BCUT2D eigenvalue weighted by molar-refractivity contribution is 5.82. The van der Waals surface area contributed by atoms with Gasteiger partial charge in [-0.2, -0.15) is 0 Å². The van der Waals surface area contributed by atoms with Crippen LogP contribution >= 0.6 is 0 Å². The minimum absolute atomic E-state index is 0.0991. The van der Waals surface area contributed by atoms with Crippen LogP contribution in [0.2, 0.25) is 0 Å². The molecule has 3 atom stereocenters. The van der Waals surface area contributed by atoms with Gasteiger partial charge in [-0.15, -0.1) is 0 Å². The van der Waals surface area contributed by atoms with E-state index in [1.54, 1.807) is 0 Å². The molecule has 1 amide bonds. The molecule has 0 aromatic heterocycles. The molecule has 1 saturated carbocycles. The zero-order valence-corrected chi connectivity index (χ0v) is 13.1. The van der Waals surface area contributed by atoms with Crippen molar-refractivity contribution in [3.8, 4) is 0 Å². The van der Waals surface area contributed by atoms with Gasteiger partial charge in [-0.25, -0.2) is 0 Å². The molecule has 0 radical (unpaired) electrons. The van der Waals surface area contributed by atoms with Crippen molar-refractivity contribution < 1.29 is 9.53 Å². The van der Waals surface area contributed by atoms with Crippen LogP contribution in [0.25, 0.3) is 0 Å². The Hall–Kier alpha value is -0.650. The van der Waals surface area contributed by atoms with Crippen LogP contribution in [-0.2, 0) is 9.53 Å². The van der Waals surface area contributed by atoms with E-state index in [2.05, 4.69) is 22.5 Å². The highest BCUT2D eigenvalue weighted by atomic mass is 16.5. The Labute approximate surface area is 127 Å². The Kier molecular flexibility index (Phi) is 5.14. The number of rotatable bonds is 5. The van der Waals surface area contributed by atoms with Gasteiger partial charge >= 0.3 is 0 Å². The lowest BCUT2D eigenvalue weighted by Crippen LogP contribution is -2.57. The molecule has 0 spiro atoms. The molecule has 3 aliphatic rings. The Morgan fingerprint density at radius 3 is 2.95 bits per heavy atom. The predicted molar refractivity (Wildman–Crippen MR) is 82.2 cm³/mol. The second kappa shape index (κ2) is 7.07. The monoisotopic (exact) mass is 295 g/mol. The average molecular weight is 295 g/mol. The van der Waals surface area contributed by atoms with E-state index in [0.29, 0.717) is 24.7 Å². The van der Waals surface area contributed by atoms with E-state index < -0.39 is 0 Å². The number of carbonyl (C=O) groups is 1. The maximum Gasteiger partial charge on any atom is 0.239 e. The van der Waals surface area contributed by atoms with Crippen LogP contribution in [0, 0.1) is 0 Å². The molecule has 2 heterocycles. The molecule has 1 aliphatic carbocycles. The van der Waals surface area contributed by atoms with Crippen LogP contribution in [-0.4, -0.2) is 61.3 Å². The third kappa shape index (κ3) is 4.18. The van der Waals surface area contributed by atoms with Crippen LogP contribution in [0.5, 0.6) is 0 Å². The summed E-state index contributed by atoms with van der Waals surface area (Å²) in [6.07, 6.45) is 7.32. The molecule has 3 rings (SSSR count). The summed E-state index contributed by atoms with van der Waals surface area (Å²) in [5.74, 6) is 0.167. The van der Waals surface area contributed by atoms with E-state index in [1.165, 1.54) is 19.3 Å². The summed E-state index contributed by atoms with van der Waals surface area (Å²) in [6.45, 7) is 5.57. The fourth-order valence-corrected chi connectivity index (χ4v) is 3.57. The van der Waals surface area contributed by atoms with Crippen molar-refractivity contribution in [3.63, 3.8) is 0 Å². The molecule has 0 aromatic carbocycles. The number of hydrogen-bond donors (Lipinski definition) is 2. The minimum atomic E-state index is -0.0991. The number of carbonyl (C=O) groups excluding carboxylic acids is 1. The van der Waals surface area contributed by atoms with Crippen LogP contribution in [0.15, 0.2) is 0 Å². The number of nitrogens with one attached hydrogen (secondary N) is 2. The molecule has 5 nitrogen and oxygen atoms in total. The molecule has 3 fully saturated rings. The minimum Gasteiger partial charge on any atom is -0.378 e. The molecule has 3 unspecified atom stereocenters. The number of nitrogens with zero attached hydrogens (tertiary/aromatic N) is 1. The third-order valence-corrected chi connectivity index (χ3v) is 5.00. The van der Waals surface area contributed by atoms with Crippen LogP contribution in [0.4, 0.5) is 0 Å². The zero-order valence-electron chi connectivity index (χ0n) is 13.1. The molecular weight excluding hydrogens is 266 g/mol. The molecular formula is C16H29N3O2.